The molecule has 2 aliphatic rings. The molecule has 0 aromatic rings. The monoisotopic (exact) mass is 230 g/mol. The van der Waals surface area contributed by atoms with Gasteiger partial charge in [0.15, 0.2) is 0 Å². The second-order valence-corrected chi connectivity index (χ2v) is 6.07. The van der Waals surface area contributed by atoms with Crippen LogP contribution in [0.4, 0.5) is 0 Å². The van der Waals surface area contributed by atoms with Crippen LogP contribution in [0.2, 0.25) is 0 Å². The molecule has 15 heavy (non-hydrogen) atoms. The van der Waals surface area contributed by atoms with E-state index in [1.54, 1.807) is 0 Å². The Morgan fingerprint density at radius 3 is 2.67 bits per heavy atom. The minimum Gasteiger partial charge on any atom is -0.377 e. The van der Waals surface area contributed by atoms with Gasteiger partial charge in [0.1, 0.15) is 0 Å². The normalized spacial score (nSPS) is 36.4. The molecule has 2 atom stereocenters. The van der Waals surface area contributed by atoms with Crippen molar-refractivity contribution in [2.45, 2.75) is 52.1 Å². The van der Waals surface area contributed by atoms with Crippen LogP contribution < -0.4 is 0 Å². The van der Waals surface area contributed by atoms with Crippen LogP contribution in [0.1, 0.15) is 46.0 Å². The molecular formula is C13H23ClO. The average Bonchev–Trinajstić information content (AvgIpc) is 2.97. The van der Waals surface area contributed by atoms with Gasteiger partial charge in [0.05, 0.1) is 6.10 Å². The molecule has 1 saturated carbocycles. The minimum absolute atomic E-state index is 0.312. The van der Waals surface area contributed by atoms with Crippen LogP contribution in [-0.4, -0.2) is 18.6 Å². The van der Waals surface area contributed by atoms with E-state index in [0.717, 1.165) is 24.3 Å². The summed E-state index contributed by atoms with van der Waals surface area (Å²) in [6, 6.07) is 0. The molecule has 1 aliphatic heterocycles. The van der Waals surface area contributed by atoms with Crippen molar-refractivity contribution >= 4 is 11.6 Å². The lowest BCUT2D eigenvalue weighted by atomic mass is 9.75. The quantitative estimate of drug-likeness (QED) is 0.652. The average molecular weight is 231 g/mol. The first-order valence-corrected chi connectivity index (χ1v) is 6.89. The van der Waals surface area contributed by atoms with Crippen LogP contribution in [0.25, 0.3) is 0 Å². The van der Waals surface area contributed by atoms with E-state index in [0.29, 0.717) is 11.5 Å². The van der Waals surface area contributed by atoms with Crippen LogP contribution in [0.3, 0.4) is 0 Å². The maximum Gasteiger partial charge on any atom is 0.0671 e. The molecule has 1 saturated heterocycles. The molecule has 2 rings (SSSR count). The smallest absolute Gasteiger partial charge is 0.0671 e. The molecule has 1 aliphatic carbocycles. The van der Waals surface area contributed by atoms with Crippen molar-refractivity contribution in [2.75, 3.05) is 12.5 Å². The minimum atomic E-state index is 0.312. The van der Waals surface area contributed by atoms with Gasteiger partial charge in [0.25, 0.3) is 0 Å². The van der Waals surface area contributed by atoms with Gasteiger partial charge in [-0.2, -0.15) is 0 Å². The Balaban J connectivity index is 1.98. The number of ether oxygens (including phenoxy) is 1. The van der Waals surface area contributed by atoms with Crippen molar-refractivity contribution in [3.63, 3.8) is 0 Å². The van der Waals surface area contributed by atoms with Gasteiger partial charge in [-0.1, -0.05) is 20.3 Å². The fraction of sp³-hybridized carbons (Fsp3) is 1.00. The van der Waals surface area contributed by atoms with E-state index < -0.39 is 0 Å². The Hall–Kier alpha value is 0.250. The molecule has 0 radical (unpaired) electrons. The van der Waals surface area contributed by atoms with Gasteiger partial charge in [-0.15, -0.1) is 11.6 Å². The van der Waals surface area contributed by atoms with Gasteiger partial charge in [0, 0.05) is 17.9 Å². The molecule has 1 nitrogen and oxygen atoms in total. The second-order valence-electron chi connectivity index (χ2n) is 5.81. The molecule has 0 amide bonds. The second kappa shape index (κ2) is 4.63. The maximum absolute atomic E-state index is 6.23. The van der Waals surface area contributed by atoms with E-state index in [1.165, 1.54) is 32.1 Å². The van der Waals surface area contributed by atoms with Gasteiger partial charge in [-0.25, -0.2) is 0 Å². The molecule has 0 bridgehead atoms. The summed E-state index contributed by atoms with van der Waals surface area (Å²) in [5.74, 6) is 2.41. The van der Waals surface area contributed by atoms with Crippen LogP contribution >= 0.6 is 11.6 Å². The predicted molar refractivity (Wildman–Crippen MR) is 64.3 cm³/mol. The summed E-state index contributed by atoms with van der Waals surface area (Å²) in [6.45, 7) is 5.53. The number of alkyl halides is 1. The standard InChI is InChI=1S/C13H23ClO/c1-10(2)5-6-13(9-14)7-8-15-12(13)11-3-4-11/h10-12H,3-9H2,1-2H3. The summed E-state index contributed by atoms with van der Waals surface area (Å²) in [6.07, 6.45) is 6.95. The molecule has 1 heterocycles. The lowest BCUT2D eigenvalue weighted by molar-refractivity contribution is 0.0344. The van der Waals surface area contributed by atoms with Gasteiger partial charge >= 0.3 is 0 Å². The van der Waals surface area contributed by atoms with Crippen LogP contribution in [0.15, 0.2) is 0 Å². The highest BCUT2D eigenvalue weighted by Crippen LogP contribution is 2.50. The highest BCUT2D eigenvalue weighted by molar-refractivity contribution is 6.18. The molecule has 0 N–H and O–H groups in total. The highest BCUT2D eigenvalue weighted by Gasteiger charge is 2.49. The Labute approximate surface area is 98.5 Å². The third-order valence-corrected chi connectivity index (χ3v) is 4.57. The molecule has 88 valence electrons. The van der Waals surface area contributed by atoms with Gasteiger partial charge in [0.2, 0.25) is 0 Å². The lowest BCUT2D eigenvalue weighted by Crippen LogP contribution is -2.34. The van der Waals surface area contributed by atoms with Crippen molar-refractivity contribution in [3.05, 3.63) is 0 Å². The van der Waals surface area contributed by atoms with E-state index in [4.69, 9.17) is 16.3 Å². The number of hydrogen-bond donors (Lipinski definition) is 0. The zero-order valence-electron chi connectivity index (χ0n) is 9.97. The molecule has 0 aromatic heterocycles. The van der Waals surface area contributed by atoms with E-state index >= 15 is 0 Å². The molecule has 2 fully saturated rings. The summed E-state index contributed by atoms with van der Waals surface area (Å²) in [4.78, 5) is 0. The van der Waals surface area contributed by atoms with E-state index in [9.17, 15) is 0 Å². The lowest BCUT2D eigenvalue weighted by Gasteiger charge is -2.33. The Morgan fingerprint density at radius 2 is 2.13 bits per heavy atom. The fourth-order valence-corrected chi connectivity index (χ4v) is 3.22. The Morgan fingerprint density at radius 1 is 1.40 bits per heavy atom. The molecule has 2 unspecified atom stereocenters. The van der Waals surface area contributed by atoms with Crippen LogP contribution in [0, 0.1) is 17.3 Å². The van der Waals surface area contributed by atoms with Gasteiger partial charge in [-0.3, -0.25) is 0 Å². The largest absolute Gasteiger partial charge is 0.377 e. The van der Waals surface area contributed by atoms with Crippen molar-refractivity contribution in [2.24, 2.45) is 17.3 Å². The SMILES string of the molecule is CC(C)CCC1(CCl)CCOC1C1CC1. The number of hydrogen-bond acceptors (Lipinski definition) is 1. The summed E-state index contributed by atoms with van der Waals surface area (Å²) in [5.41, 5.74) is 0.312. The summed E-state index contributed by atoms with van der Waals surface area (Å²) >= 11 is 6.23. The van der Waals surface area contributed by atoms with E-state index in [1.807, 2.05) is 0 Å². The highest BCUT2D eigenvalue weighted by atomic mass is 35.5. The maximum atomic E-state index is 6.23. The topological polar surface area (TPSA) is 9.23 Å². The number of rotatable bonds is 5. The fourth-order valence-electron chi connectivity index (χ4n) is 2.80. The number of halogens is 1. The van der Waals surface area contributed by atoms with Crippen molar-refractivity contribution in [1.29, 1.82) is 0 Å². The Kier molecular flexibility index (Phi) is 3.62. The molecule has 0 spiro atoms. The molecule has 2 heteroatoms. The summed E-state index contributed by atoms with van der Waals surface area (Å²) < 4.78 is 5.93. The van der Waals surface area contributed by atoms with Gasteiger partial charge in [-0.05, 0) is 37.5 Å². The first-order valence-electron chi connectivity index (χ1n) is 6.35. The van der Waals surface area contributed by atoms with E-state index in [2.05, 4.69) is 13.8 Å². The van der Waals surface area contributed by atoms with Crippen molar-refractivity contribution < 1.29 is 4.74 Å². The first kappa shape index (κ1) is 11.7. The summed E-state index contributed by atoms with van der Waals surface area (Å²) in [5, 5.41) is 0. The van der Waals surface area contributed by atoms with Gasteiger partial charge < -0.3 is 4.74 Å². The summed E-state index contributed by atoms with van der Waals surface area (Å²) in [7, 11) is 0. The van der Waals surface area contributed by atoms with Crippen LogP contribution in [0.5, 0.6) is 0 Å². The first-order chi connectivity index (χ1) is 7.18. The van der Waals surface area contributed by atoms with Crippen LogP contribution in [-0.2, 0) is 4.74 Å². The molecule has 0 aromatic carbocycles. The molecular weight excluding hydrogens is 208 g/mol. The third-order valence-electron chi connectivity index (χ3n) is 4.04. The van der Waals surface area contributed by atoms with Crippen molar-refractivity contribution in [1.82, 2.24) is 0 Å². The predicted octanol–water partition coefficient (Wildman–Crippen LogP) is 3.85. The zero-order chi connectivity index (χ0) is 10.9. The van der Waals surface area contributed by atoms with E-state index in [-0.39, 0.29) is 0 Å². The zero-order valence-corrected chi connectivity index (χ0v) is 10.7. The third kappa shape index (κ3) is 2.50. The Bertz CT molecular complexity index is 213. The van der Waals surface area contributed by atoms with Crippen molar-refractivity contribution in [3.8, 4) is 0 Å².